The van der Waals surface area contributed by atoms with Gasteiger partial charge in [-0.1, -0.05) is 6.07 Å². The zero-order valence-corrected chi connectivity index (χ0v) is 10.5. The van der Waals surface area contributed by atoms with E-state index >= 15 is 0 Å². The van der Waals surface area contributed by atoms with Crippen LogP contribution in [0, 0.1) is 5.82 Å². The summed E-state index contributed by atoms with van der Waals surface area (Å²) in [5.74, 6) is -0.252. The summed E-state index contributed by atoms with van der Waals surface area (Å²) in [5.41, 5.74) is 0.901. The number of aliphatic hydroxyl groups is 1. The highest BCUT2D eigenvalue weighted by Gasteiger charge is 2.09. The van der Waals surface area contributed by atoms with Gasteiger partial charge >= 0.3 is 0 Å². The van der Waals surface area contributed by atoms with Crippen LogP contribution < -0.4 is 0 Å². The fraction of sp³-hybridized carbons (Fsp3) is 0.455. The Morgan fingerprint density at radius 3 is 2.73 bits per heavy atom. The third-order valence-corrected chi connectivity index (χ3v) is 3.08. The Hall–Kier alpha value is -0.450. The molecule has 1 rings (SSSR count). The number of benzene rings is 1. The van der Waals surface area contributed by atoms with Crippen molar-refractivity contribution in [1.82, 2.24) is 4.90 Å². The SMILES string of the molecule is CC(CO)N(C)Cc1ccc(Br)c(F)c1. The maximum Gasteiger partial charge on any atom is 0.137 e. The molecule has 0 aliphatic rings. The van der Waals surface area contributed by atoms with E-state index in [1.165, 1.54) is 6.07 Å². The predicted octanol–water partition coefficient (Wildman–Crippen LogP) is 2.40. The van der Waals surface area contributed by atoms with Crippen LogP contribution in [-0.4, -0.2) is 29.7 Å². The molecule has 0 amide bonds. The smallest absolute Gasteiger partial charge is 0.137 e. The first-order valence-corrected chi connectivity index (χ1v) is 5.59. The second-order valence-corrected chi connectivity index (χ2v) is 4.55. The average molecular weight is 276 g/mol. The van der Waals surface area contributed by atoms with E-state index in [1.54, 1.807) is 6.07 Å². The Bertz CT molecular complexity index is 332. The lowest BCUT2D eigenvalue weighted by molar-refractivity contribution is 0.154. The van der Waals surface area contributed by atoms with Gasteiger partial charge < -0.3 is 5.11 Å². The molecular formula is C11H15BrFNO. The van der Waals surface area contributed by atoms with Gasteiger partial charge in [-0.25, -0.2) is 4.39 Å². The molecule has 0 fully saturated rings. The zero-order chi connectivity index (χ0) is 11.4. The van der Waals surface area contributed by atoms with E-state index in [0.29, 0.717) is 11.0 Å². The topological polar surface area (TPSA) is 23.5 Å². The first kappa shape index (κ1) is 12.6. The van der Waals surface area contributed by atoms with E-state index in [0.717, 1.165) is 5.56 Å². The van der Waals surface area contributed by atoms with Gasteiger partial charge in [0.1, 0.15) is 5.82 Å². The first-order chi connectivity index (χ1) is 7.04. The van der Waals surface area contributed by atoms with Crippen molar-refractivity contribution < 1.29 is 9.50 Å². The van der Waals surface area contributed by atoms with Gasteiger partial charge in [-0.15, -0.1) is 0 Å². The molecule has 0 radical (unpaired) electrons. The molecule has 84 valence electrons. The molecule has 2 nitrogen and oxygen atoms in total. The van der Waals surface area contributed by atoms with Crippen molar-refractivity contribution in [2.75, 3.05) is 13.7 Å². The lowest BCUT2D eigenvalue weighted by atomic mass is 10.2. The molecule has 15 heavy (non-hydrogen) atoms. The molecule has 0 spiro atoms. The normalized spacial score (nSPS) is 13.2. The van der Waals surface area contributed by atoms with Gasteiger partial charge in [0.15, 0.2) is 0 Å². The van der Waals surface area contributed by atoms with E-state index in [2.05, 4.69) is 15.9 Å². The van der Waals surface area contributed by atoms with Crippen LogP contribution in [0.1, 0.15) is 12.5 Å². The third kappa shape index (κ3) is 3.55. The van der Waals surface area contributed by atoms with Gasteiger partial charge in [0.05, 0.1) is 11.1 Å². The highest BCUT2D eigenvalue weighted by molar-refractivity contribution is 9.10. The fourth-order valence-electron chi connectivity index (χ4n) is 1.22. The standard InChI is InChI=1S/C11H15BrFNO/c1-8(7-15)14(2)6-9-3-4-10(12)11(13)5-9/h3-5,8,15H,6-7H2,1-2H3. The highest BCUT2D eigenvalue weighted by atomic mass is 79.9. The maximum absolute atomic E-state index is 13.2. The molecule has 4 heteroatoms. The number of likely N-dealkylation sites (N-methyl/N-ethyl adjacent to an activating group) is 1. The monoisotopic (exact) mass is 275 g/mol. The third-order valence-electron chi connectivity index (χ3n) is 2.43. The van der Waals surface area contributed by atoms with E-state index in [4.69, 9.17) is 5.11 Å². The van der Waals surface area contributed by atoms with E-state index in [-0.39, 0.29) is 18.5 Å². The van der Waals surface area contributed by atoms with Crippen LogP contribution in [0.25, 0.3) is 0 Å². The molecular weight excluding hydrogens is 261 g/mol. The Morgan fingerprint density at radius 2 is 2.20 bits per heavy atom. The quantitative estimate of drug-likeness (QED) is 0.912. The number of hydrogen-bond acceptors (Lipinski definition) is 2. The molecule has 1 aromatic carbocycles. The Labute approximate surface area is 97.8 Å². The minimum atomic E-state index is -0.252. The molecule has 0 saturated heterocycles. The lowest BCUT2D eigenvalue weighted by Gasteiger charge is -2.22. The van der Waals surface area contributed by atoms with Crippen LogP contribution >= 0.6 is 15.9 Å². The predicted molar refractivity (Wildman–Crippen MR) is 62.1 cm³/mol. The molecule has 1 aromatic rings. The van der Waals surface area contributed by atoms with Crippen molar-refractivity contribution >= 4 is 15.9 Å². The van der Waals surface area contributed by atoms with Crippen LogP contribution in [0.4, 0.5) is 4.39 Å². The number of nitrogens with zero attached hydrogens (tertiary/aromatic N) is 1. The number of hydrogen-bond donors (Lipinski definition) is 1. The van der Waals surface area contributed by atoms with E-state index in [9.17, 15) is 4.39 Å². The van der Waals surface area contributed by atoms with Crippen LogP contribution in [0.2, 0.25) is 0 Å². The zero-order valence-electron chi connectivity index (χ0n) is 8.87. The molecule has 1 N–H and O–H groups in total. The van der Waals surface area contributed by atoms with E-state index < -0.39 is 0 Å². The summed E-state index contributed by atoms with van der Waals surface area (Å²) < 4.78 is 13.7. The summed E-state index contributed by atoms with van der Waals surface area (Å²) in [6, 6.07) is 5.15. The minimum Gasteiger partial charge on any atom is -0.395 e. The molecule has 0 aliphatic heterocycles. The molecule has 1 unspecified atom stereocenters. The van der Waals surface area contributed by atoms with Gasteiger partial charge in [0.2, 0.25) is 0 Å². The number of aliphatic hydroxyl groups excluding tert-OH is 1. The van der Waals surface area contributed by atoms with Crippen LogP contribution in [-0.2, 0) is 6.54 Å². The fourth-order valence-corrected chi connectivity index (χ4v) is 1.47. The highest BCUT2D eigenvalue weighted by Crippen LogP contribution is 2.17. The summed E-state index contributed by atoms with van der Waals surface area (Å²) in [7, 11) is 1.90. The average Bonchev–Trinajstić information content (AvgIpc) is 2.22. The van der Waals surface area contributed by atoms with Crippen molar-refractivity contribution in [2.45, 2.75) is 19.5 Å². The van der Waals surface area contributed by atoms with Crippen molar-refractivity contribution in [1.29, 1.82) is 0 Å². The summed E-state index contributed by atoms with van der Waals surface area (Å²) in [4.78, 5) is 1.97. The molecule has 0 heterocycles. The summed E-state index contributed by atoms with van der Waals surface area (Å²) in [6.07, 6.45) is 0. The Morgan fingerprint density at radius 1 is 1.53 bits per heavy atom. The molecule has 1 atom stereocenters. The minimum absolute atomic E-state index is 0.0803. The van der Waals surface area contributed by atoms with Crippen molar-refractivity contribution in [3.8, 4) is 0 Å². The number of halogens is 2. The maximum atomic E-state index is 13.2. The van der Waals surface area contributed by atoms with E-state index in [1.807, 2.05) is 24.9 Å². The molecule has 0 aliphatic carbocycles. The van der Waals surface area contributed by atoms with Gasteiger partial charge in [0.25, 0.3) is 0 Å². The lowest BCUT2D eigenvalue weighted by Crippen LogP contribution is -2.31. The molecule has 0 bridgehead atoms. The summed E-state index contributed by atoms with van der Waals surface area (Å²) in [6.45, 7) is 2.66. The van der Waals surface area contributed by atoms with Gasteiger partial charge in [-0.2, -0.15) is 0 Å². The van der Waals surface area contributed by atoms with Crippen LogP contribution in [0.15, 0.2) is 22.7 Å². The first-order valence-electron chi connectivity index (χ1n) is 4.79. The Kier molecular flexibility index (Phi) is 4.70. The molecule has 0 saturated carbocycles. The Balaban J connectivity index is 2.68. The molecule has 0 aromatic heterocycles. The second-order valence-electron chi connectivity index (χ2n) is 3.70. The number of rotatable bonds is 4. The van der Waals surface area contributed by atoms with Gasteiger partial charge in [-0.05, 0) is 47.6 Å². The van der Waals surface area contributed by atoms with Crippen molar-refractivity contribution in [3.05, 3.63) is 34.1 Å². The van der Waals surface area contributed by atoms with Crippen molar-refractivity contribution in [2.24, 2.45) is 0 Å². The van der Waals surface area contributed by atoms with Gasteiger partial charge in [0, 0.05) is 12.6 Å². The largest absolute Gasteiger partial charge is 0.395 e. The summed E-state index contributed by atoms with van der Waals surface area (Å²) in [5, 5.41) is 8.96. The van der Waals surface area contributed by atoms with Crippen LogP contribution in [0.3, 0.4) is 0 Å². The second kappa shape index (κ2) is 5.58. The summed E-state index contributed by atoms with van der Waals surface area (Å²) >= 11 is 3.11. The van der Waals surface area contributed by atoms with Crippen molar-refractivity contribution in [3.63, 3.8) is 0 Å². The van der Waals surface area contributed by atoms with Crippen LogP contribution in [0.5, 0.6) is 0 Å². The van der Waals surface area contributed by atoms with Gasteiger partial charge in [-0.3, -0.25) is 4.90 Å².